The molecule has 0 atom stereocenters. The van der Waals surface area contributed by atoms with Crippen molar-refractivity contribution >= 4 is 17.5 Å². The molecule has 0 aliphatic carbocycles. The van der Waals surface area contributed by atoms with Gasteiger partial charge in [-0.2, -0.15) is 0 Å². The fourth-order valence-electron chi connectivity index (χ4n) is 1.78. The van der Waals surface area contributed by atoms with E-state index >= 15 is 0 Å². The van der Waals surface area contributed by atoms with Crippen molar-refractivity contribution in [1.29, 1.82) is 0 Å². The lowest BCUT2D eigenvalue weighted by atomic mass is 10.1. The number of hydrogen-bond donors (Lipinski definition) is 2. The van der Waals surface area contributed by atoms with Gasteiger partial charge in [0.05, 0.1) is 6.54 Å². The first kappa shape index (κ1) is 15.1. The average Bonchev–Trinajstić information content (AvgIpc) is 2.52. The molecule has 2 aromatic rings. The summed E-state index contributed by atoms with van der Waals surface area (Å²) in [5.41, 5.74) is 7.62. The molecular weight excluding hydrogens is 284 g/mol. The zero-order valence-corrected chi connectivity index (χ0v) is 12.2. The molecule has 0 saturated heterocycles. The highest BCUT2D eigenvalue weighted by atomic mass is 35.5. The maximum atomic E-state index is 12.0. The summed E-state index contributed by atoms with van der Waals surface area (Å²) in [6, 6.07) is 14.5. The number of nitrogens with two attached hydrogens (primary N) is 1. The van der Waals surface area contributed by atoms with Gasteiger partial charge in [-0.3, -0.25) is 4.79 Å². The first-order valence-corrected chi connectivity index (χ1v) is 6.89. The number of carbonyl (C=O) groups excluding carboxylic acids is 1. The van der Waals surface area contributed by atoms with Crippen molar-refractivity contribution in [2.24, 2.45) is 5.73 Å². The van der Waals surface area contributed by atoms with Gasteiger partial charge in [0, 0.05) is 22.7 Å². The van der Waals surface area contributed by atoms with Gasteiger partial charge in [0.25, 0.3) is 5.91 Å². The third-order valence-electron chi connectivity index (χ3n) is 2.88. The van der Waals surface area contributed by atoms with Crippen LogP contribution in [0.1, 0.15) is 21.5 Å². The number of nitrogens with one attached hydrogen (secondary N) is 1. The van der Waals surface area contributed by atoms with E-state index in [9.17, 15) is 4.79 Å². The summed E-state index contributed by atoms with van der Waals surface area (Å²) in [6.45, 7) is 0.716. The number of carbonyl (C=O) groups is 1. The van der Waals surface area contributed by atoms with Crippen molar-refractivity contribution in [3.63, 3.8) is 0 Å². The summed E-state index contributed by atoms with van der Waals surface area (Å²) < 4.78 is 0. The summed E-state index contributed by atoms with van der Waals surface area (Å²) in [4.78, 5) is 12.0. The highest BCUT2D eigenvalue weighted by Gasteiger charge is 2.06. The van der Waals surface area contributed by atoms with Crippen LogP contribution < -0.4 is 11.1 Å². The molecule has 2 aromatic carbocycles. The number of rotatable bonds is 3. The van der Waals surface area contributed by atoms with Gasteiger partial charge in [-0.25, -0.2) is 0 Å². The Morgan fingerprint density at radius 1 is 1.14 bits per heavy atom. The molecule has 4 heteroatoms. The van der Waals surface area contributed by atoms with E-state index in [-0.39, 0.29) is 5.91 Å². The van der Waals surface area contributed by atoms with Crippen molar-refractivity contribution in [1.82, 2.24) is 5.32 Å². The Kier molecular flexibility index (Phi) is 5.39. The van der Waals surface area contributed by atoms with E-state index in [1.54, 1.807) is 30.3 Å². The van der Waals surface area contributed by atoms with Crippen LogP contribution in [0.2, 0.25) is 5.02 Å². The molecule has 0 aromatic heterocycles. The van der Waals surface area contributed by atoms with Crippen molar-refractivity contribution in [3.05, 3.63) is 70.2 Å². The molecule has 0 fully saturated rings. The molecule has 0 aliphatic heterocycles. The molecule has 1 amide bonds. The minimum absolute atomic E-state index is 0.145. The minimum Gasteiger partial charge on any atom is -0.348 e. The Hall–Kier alpha value is -2.28. The quantitative estimate of drug-likeness (QED) is 0.856. The van der Waals surface area contributed by atoms with E-state index in [0.29, 0.717) is 23.7 Å². The monoisotopic (exact) mass is 298 g/mol. The van der Waals surface area contributed by atoms with Crippen molar-refractivity contribution in [3.8, 4) is 11.8 Å². The van der Waals surface area contributed by atoms with Gasteiger partial charge in [-0.15, -0.1) is 0 Å². The highest BCUT2D eigenvalue weighted by Crippen LogP contribution is 2.14. The smallest absolute Gasteiger partial charge is 0.251 e. The molecule has 0 unspecified atom stereocenters. The van der Waals surface area contributed by atoms with Crippen LogP contribution in [-0.4, -0.2) is 12.5 Å². The van der Waals surface area contributed by atoms with Crippen molar-refractivity contribution in [2.45, 2.75) is 6.54 Å². The Labute approximate surface area is 129 Å². The third-order valence-corrected chi connectivity index (χ3v) is 3.25. The predicted octanol–water partition coefficient (Wildman–Crippen LogP) is 2.58. The van der Waals surface area contributed by atoms with E-state index in [1.165, 1.54) is 0 Å². The van der Waals surface area contributed by atoms with Gasteiger partial charge in [-0.05, 0) is 35.9 Å². The SMILES string of the molecule is NCC#Cc1ccc(C(=O)NCc2ccccc2Cl)cc1. The molecule has 0 radical (unpaired) electrons. The molecule has 3 nitrogen and oxygen atoms in total. The number of hydrogen-bond acceptors (Lipinski definition) is 2. The topological polar surface area (TPSA) is 55.1 Å². The molecule has 0 bridgehead atoms. The van der Waals surface area contributed by atoms with Crippen LogP contribution in [0.15, 0.2) is 48.5 Å². The van der Waals surface area contributed by atoms with Crippen LogP contribution in [0.5, 0.6) is 0 Å². The van der Waals surface area contributed by atoms with E-state index < -0.39 is 0 Å². The highest BCUT2D eigenvalue weighted by molar-refractivity contribution is 6.31. The molecule has 0 heterocycles. The summed E-state index contributed by atoms with van der Waals surface area (Å²) >= 11 is 6.05. The lowest BCUT2D eigenvalue weighted by Gasteiger charge is -2.07. The summed E-state index contributed by atoms with van der Waals surface area (Å²) in [5.74, 6) is 5.54. The van der Waals surface area contributed by atoms with Crippen molar-refractivity contribution < 1.29 is 4.79 Å². The Balaban J connectivity index is 1.99. The number of benzene rings is 2. The molecule has 3 N–H and O–H groups in total. The second-order valence-corrected chi connectivity index (χ2v) is 4.76. The average molecular weight is 299 g/mol. The largest absolute Gasteiger partial charge is 0.348 e. The molecule has 21 heavy (non-hydrogen) atoms. The molecule has 0 spiro atoms. The van der Waals surface area contributed by atoms with Gasteiger partial charge in [0.2, 0.25) is 0 Å². The number of halogens is 1. The Bertz CT molecular complexity index is 684. The normalized spacial score (nSPS) is 9.62. The second-order valence-electron chi connectivity index (χ2n) is 4.36. The molecule has 0 aliphatic rings. The maximum absolute atomic E-state index is 12.0. The minimum atomic E-state index is -0.145. The van der Waals surface area contributed by atoms with Crippen molar-refractivity contribution in [2.75, 3.05) is 6.54 Å². The van der Waals surface area contributed by atoms with Crippen LogP contribution in [0.3, 0.4) is 0 Å². The molecule has 0 saturated carbocycles. The van der Waals surface area contributed by atoms with E-state index in [2.05, 4.69) is 17.2 Å². The van der Waals surface area contributed by atoms with E-state index in [1.807, 2.05) is 18.2 Å². The summed E-state index contributed by atoms with van der Waals surface area (Å²) in [5, 5.41) is 3.48. The fourth-order valence-corrected chi connectivity index (χ4v) is 1.98. The lowest BCUT2D eigenvalue weighted by Crippen LogP contribution is -2.22. The Morgan fingerprint density at radius 3 is 2.52 bits per heavy atom. The molecule has 106 valence electrons. The molecular formula is C17H15ClN2O. The van der Waals surface area contributed by atoms with Crippen LogP contribution in [-0.2, 0) is 6.54 Å². The van der Waals surface area contributed by atoms with Crippen LogP contribution in [0.25, 0.3) is 0 Å². The summed E-state index contributed by atoms with van der Waals surface area (Å²) in [7, 11) is 0. The first-order valence-electron chi connectivity index (χ1n) is 6.51. The van der Waals surface area contributed by atoms with Crippen LogP contribution >= 0.6 is 11.6 Å². The third kappa shape index (κ3) is 4.35. The van der Waals surface area contributed by atoms with Gasteiger partial charge >= 0.3 is 0 Å². The Morgan fingerprint density at radius 2 is 1.86 bits per heavy atom. The van der Waals surface area contributed by atoms with E-state index in [4.69, 9.17) is 17.3 Å². The second kappa shape index (κ2) is 7.49. The zero-order valence-electron chi connectivity index (χ0n) is 11.4. The maximum Gasteiger partial charge on any atom is 0.251 e. The zero-order chi connectivity index (χ0) is 15.1. The lowest BCUT2D eigenvalue weighted by molar-refractivity contribution is 0.0951. The van der Waals surface area contributed by atoms with Gasteiger partial charge in [0.15, 0.2) is 0 Å². The van der Waals surface area contributed by atoms with Gasteiger partial charge < -0.3 is 11.1 Å². The van der Waals surface area contributed by atoms with Gasteiger partial charge in [-0.1, -0.05) is 41.6 Å². The first-order chi connectivity index (χ1) is 10.2. The molecule has 2 rings (SSSR count). The standard InChI is InChI=1S/C17H15ClN2O/c18-16-6-2-1-5-15(16)12-20-17(21)14-9-7-13(8-10-14)4-3-11-19/h1-2,5-10H,11-12,19H2,(H,20,21). The fraction of sp³-hybridized carbons (Fsp3) is 0.118. The summed E-state index contributed by atoms with van der Waals surface area (Å²) in [6.07, 6.45) is 0. The number of amides is 1. The van der Waals surface area contributed by atoms with Gasteiger partial charge in [0.1, 0.15) is 0 Å². The predicted molar refractivity (Wildman–Crippen MR) is 85.0 cm³/mol. The van der Waals surface area contributed by atoms with E-state index in [0.717, 1.165) is 11.1 Å². The van der Waals surface area contributed by atoms with Crippen LogP contribution in [0, 0.1) is 11.8 Å². The van der Waals surface area contributed by atoms with Crippen LogP contribution in [0.4, 0.5) is 0 Å².